The zero-order valence-electron chi connectivity index (χ0n) is 11.4. The molecule has 1 fully saturated rings. The Morgan fingerprint density at radius 1 is 1.39 bits per heavy atom. The summed E-state index contributed by atoms with van der Waals surface area (Å²) >= 11 is 0. The molecule has 3 nitrogen and oxygen atoms in total. The largest absolute Gasteiger partial charge is 0.494 e. The summed E-state index contributed by atoms with van der Waals surface area (Å²) in [6.07, 6.45) is 2.50. The van der Waals surface area contributed by atoms with Crippen molar-refractivity contribution in [1.29, 1.82) is 0 Å². The van der Waals surface area contributed by atoms with E-state index in [4.69, 9.17) is 10.5 Å². The average Bonchev–Trinajstić information content (AvgIpc) is 2.87. The number of ether oxygens (including phenoxy) is 1. The second kappa shape index (κ2) is 6.21. The van der Waals surface area contributed by atoms with E-state index in [2.05, 4.69) is 36.1 Å². The highest BCUT2D eigenvalue weighted by Crippen LogP contribution is 2.29. The van der Waals surface area contributed by atoms with Crippen LogP contribution in [-0.2, 0) is 0 Å². The highest BCUT2D eigenvalue weighted by Gasteiger charge is 2.27. The van der Waals surface area contributed by atoms with Crippen molar-refractivity contribution < 1.29 is 4.74 Å². The van der Waals surface area contributed by atoms with E-state index in [-0.39, 0.29) is 0 Å². The molecule has 0 bridgehead atoms. The summed E-state index contributed by atoms with van der Waals surface area (Å²) in [5.74, 6) is 0.949. The van der Waals surface area contributed by atoms with E-state index in [1.807, 2.05) is 6.92 Å². The lowest BCUT2D eigenvalue weighted by Crippen LogP contribution is -2.37. The van der Waals surface area contributed by atoms with Crippen molar-refractivity contribution in [2.75, 3.05) is 19.7 Å². The Kier molecular flexibility index (Phi) is 4.61. The number of nitrogens with two attached hydrogens (primary N) is 1. The highest BCUT2D eigenvalue weighted by atomic mass is 16.5. The molecule has 2 N–H and O–H groups in total. The van der Waals surface area contributed by atoms with Crippen LogP contribution in [0.15, 0.2) is 24.3 Å². The second-order valence-corrected chi connectivity index (χ2v) is 4.95. The Hall–Kier alpha value is -1.06. The molecular weight excluding hydrogens is 224 g/mol. The van der Waals surface area contributed by atoms with Crippen molar-refractivity contribution in [3.05, 3.63) is 29.8 Å². The lowest BCUT2D eigenvalue weighted by atomic mass is 10.1. The number of hydrogen-bond acceptors (Lipinski definition) is 3. The molecular formula is C15H24N2O. The summed E-state index contributed by atoms with van der Waals surface area (Å²) in [5, 5.41) is 0. The van der Waals surface area contributed by atoms with E-state index in [1.165, 1.54) is 18.4 Å². The Morgan fingerprint density at radius 3 is 2.72 bits per heavy atom. The third-order valence-electron chi connectivity index (χ3n) is 3.87. The number of benzene rings is 1. The molecule has 1 saturated heterocycles. The zero-order chi connectivity index (χ0) is 13.0. The molecule has 3 heteroatoms. The van der Waals surface area contributed by atoms with E-state index in [0.29, 0.717) is 12.1 Å². The zero-order valence-corrected chi connectivity index (χ0v) is 11.4. The van der Waals surface area contributed by atoms with Crippen LogP contribution in [0.5, 0.6) is 5.75 Å². The summed E-state index contributed by atoms with van der Waals surface area (Å²) in [5.41, 5.74) is 7.19. The van der Waals surface area contributed by atoms with Gasteiger partial charge in [-0.25, -0.2) is 0 Å². The van der Waals surface area contributed by atoms with Crippen molar-refractivity contribution in [2.24, 2.45) is 5.73 Å². The van der Waals surface area contributed by atoms with Crippen molar-refractivity contribution in [3.8, 4) is 5.75 Å². The molecule has 0 aliphatic carbocycles. The minimum Gasteiger partial charge on any atom is -0.494 e. The van der Waals surface area contributed by atoms with Crippen LogP contribution < -0.4 is 10.5 Å². The monoisotopic (exact) mass is 248 g/mol. The third kappa shape index (κ3) is 2.85. The minimum atomic E-state index is 0.441. The molecule has 0 spiro atoms. The van der Waals surface area contributed by atoms with Crippen molar-refractivity contribution in [1.82, 2.24) is 4.90 Å². The number of nitrogens with zero attached hydrogens (tertiary/aromatic N) is 1. The Balaban J connectivity index is 2.05. The maximum absolute atomic E-state index is 5.84. The van der Waals surface area contributed by atoms with E-state index >= 15 is 0 Å². The van der Waals surface area contributed by atoms with E-state index in [1.54, 1.807) is 0 Å². The van der Waals surface area contributed by atoms with Gasteiger partial charge in [-0.15, -0.1) is 0 Å². The number of hydrogen-bond donors (Lipinski definition) is 1. The summed E-state index contributed by atoms with van der Waals surface area (Å²) in [6.45, 7) is 6.92. The fraction of sp³-hybridized carbons (Fsp3) is 0.600. The van der Waals surface area contributed by atoms with Gasteiger partial charge >= 0.3 is 0 Å². The van der Waals surface area contributed by atoms with E-state index in [0.717, 1.165) is 25.4 Å². The van der Waals surface area contributed by atoms with Crippen molar-refractivity contribution in [2.45, 2.75) is 38.8 Å². The molecule has 0 saturated carbocycles. The predicted molar refractivity (Wildman–Crippen MR) is 74.8 cm³/mol. The van der Waals surface area contributed by atoms with Crippen LogP contribution in [0.1, 0.15) is 38.3 Å². The molecule has 1 aliphatic heterocycles. The SMILES string of the molecule is CCOc1ccc(C(C)N2CCCC2CN)cc1. The first kappa shape index (κ1) is 13.4. The van der Waals surface area contributed by atoms with Gasteiger partial charge in [0.05, 0.1) is 6.61 Å². The lowest BCUT2D eigenvalue weighted by molar-refractivity contribution is 0.197. The molecule has 2 rings (SSSR count). The molecule has 1 aromatic carbocycles. The quantitative estimate of drug-likeness (QED) is 0.870. The fourth-order valence-corrected chi connectivity index (χ4v) is 2.82. The molecule has 18 heavy (non-hydrogen) atoms. The molecule has 0 amide bonds. The van der Waals surface area contributed by atoms with Gasteiger partial charge in [-0.05, 0) is 50.9 Å². The molecule has 1 aliphatic rings. The summed E-state index contributed by atoms with van der Waals surface area (Å²) in [4.78, 5) is 2.52. The van der Waals surface area contributed by atoms with Gasteiger partial charge < -0.3 is 10.5 Å². The van der Waals surface area contributed by atoms with E-state index in [9.17, 15) is 0 Å². The smallest absolute Gasteiger partial charge is 0.119 e. The molecule has 2 atom stereocenters. The van der Waals surface area contributed by atoms with Gasteiger partial charge in [0.2, 0.25) is 0 Å². The first-order valence-electron chi connectivity index (χ1n) is 6.94. The lowest BCUT2D eigenvalue weighted by Gasteiger charge is -2.30. The van der Waals surface area contributed by atoms with Gasteiger partial charge in [-0.3, -0.25) is 4.90 Å². The fourth-order valence-electron chi connectivity index (χ4n) is 2.82. The summed E-state index contributed by atoms with van der Waals surface area (Å²) in [7, 11) is 0. The van der Waals surface area contributed by atoms with Gasteiger partial charge in [0.15, 0.2) is 0 Å². The maximum atomic E-state index is 5.84. The summed E-state index contributed by atoms with van der Waals surface area (Å²) in [6, 6.07) is 9.44. The number of likely N-dealkylation sites (tertiary alicyclic amines) is 1. The predicted octanol–water partition coefficient (Wildman–Crippen LogP) is 2.57. The Morgan fingerprint density at radius 2 is 2.11 bits per heavy atom. The second-order valence-electron chi connectivity index (χ2n) is 4.95. The summed E-state index contributed by atoms with van der Waals surface area (Å²) < 4.78 is 5.47. The molecule has 2 unspecified atom stereocenters. The normalized spacial score (nSPS) is 22.1. The van der Waals surface area contributed by atoms with Gasteiger partial charge in [0.1, 0.15) is 5.75 Å². The topological polar surface area (TPSA) is 38.5 Å². The van der Waals surface area contributed by atoms with Crippen LogP contribution in [0.3, 0.4) is 0 Å². The standard InChI is InChI=1S/C15H24N2O/c1-3-18-15-8-6-13(7-9-15)12(2)17-10-4-5-14(17)11-16/h6-9,12,14H,3-5,10-11,16H2,1-2H3. The molecule has 100 valence electrons. The van der Waals surface area contributed by atoms with Crippen molar-refractivity contribution >= 4 is 0 Å². The first-order chi connectivity index (χ1) is 8.76. The van der Waals surface area contributed by atoms with Crippen LogP contribution in [0, 0.1) is 0 Å². The Bertz CT molecular complexity index is 363. The molecule has 1 aromatic rings. The maximum Gasteiger partial charge on any atom is 0.119 e. The Labute approximate surface area is 110 Å². The van der Waals surface area contributed by atoms with Gasteiger partial charge in [0, 0.05) is 18.6 Å². The van der Waals surface area contributed by atoms with Gasteiger partial charge in [-0.1, -0.05) is 12.1 Å². The van der Waals surface area contributed by atoms with Crippen LogP contribution >= 0.6 is 0 Å². The van der Waals surface area contributed by atoms with Gasteiger partial charge in [-0.2, -0.15) is 0 Å². The van der Waals surface area contributed by atoms with E-state index < -0.39 is 0 Å². The highest BCUT2D eigenvalue weighted by molar-refractivity contribution is 5.29. The first-order valence-corrected chi connectivity index (χ1v) is 6.94. The van der Waals surface area contributed by atoms with Crippen LogP contribution in [0.4, 0.5) is 0 Å². The van der Waals surface area contributed by atoms with Gasteiger partial charge in [0.25, 0.3) is 0 Å². The van der Waals surface area contributed by atoms with Crippen molar-refractivity contribution in [3.63, 3.8) is 0 Å². The van der Waals surface area contributed by atoms with Crippen LogP contribution in [0.2, 0.25) is 0 Å². The minimum absolute atomic E-state index is 0.441. The molecule has 1 heterocycles. The van der Waals surface area contributed by atoms with Crippen LogP contribution in [-0.4, -0.2) is 30.6 Å². The molecule has 0 aromatic heterocycles. The number of rotatable bonds is 5. The third-order valence-corrected chi connectivity index (χ3v) is 3.87. The average molecular weight is 248 g/mol. The molecule has 0 radical (unpaired) electrons. The van der Waals surface area contributed by atoms with Crippen LogP contribution in [0.25, 0.3) is 0 Å².